The molecule has 8 heteroatoms. The first kappa shape index (κ1) is 27.7. The number of rotatable bonds is 3. The van der Waals surface area contributed by atoms with Gasteiger partial charge in [0, 0.05) is 23.3 Å². The van der Waals surface area contributed by atoms with Crippen LogP contribution in [0.15, 0.2) is 41.5 Å². The Morgan fingerprint density at radius 3 is 2.28 bits per heavy atom. The van der Waals surface area contributed by atoms with E-state index >= 15 is 0 Å². The van der Waals surface area contributed by atoms with Crippen molar-refractivity contribution in [1.29, 1.82) is 0 Å². The predicted octanol–water partition coefficient (Wildman–Crippen LogP) is 3.84. The van der Waals surface area contributed by atoms with E-state index in [1.165, 1.54) is 6.92 Å². The molecular formula is C31H38O8. The molecule has 5 rings (SSSR count). The Morgan fingerprint density at radius 2 is 1.72 bits per heavy atom. The topological polar surface area (TPSA) is 116 Å². The molecule has 8 atom stereocenters. The zero-order valence-corrected chi connectivity index (χ0v) is 23.7. The third-order valence-corrected chi connectivity index (χ3v) is 10.6. The molecular weight excluding hydrogens is 500 g/mol. The van der Waals surface area contributed by atoms with Gasteiger partial charge in [0.05, 0.1) is 18.1 Å². The lowest BCUT2D eigenvalue weighted by Gasteiger charge is -2.67. The molecule has 0 spiro atoms. The number of benzene rings is 1. The van der Waals surface area contributed by atoms with Gasteiger partial charge in [0.2, 0.25) is 11.6 Å². The van der Waals surface area contributed by atoms with E-state index in [0.717, 1.165) is 5.57 Å². The lowest BCUT2D eigenvalue weighted by atomic mass is 9.43. The molecule has 1 aliphatic heterocycles. The van der Waals surface area contributed by atoms with Crippen molar-refractivity contribution in [3.63, 3.8) is 0 Å². The fraction of sp³-hybridized carbons (Fsp3) is 0.613. The van der Waals surface area contributed by atoms with Gasteiger partial charge in [0.15, 0.2) is 5.60 Å². The minimum atomic E-state index is -1.77. The maximum Gasteiger partial charge on any atom is 0.338 e. The quantitative estimate of drug-likeness (QED) is 0.456. The minimum absolute atomic E-state index is 0.0289. The molecule has 1 N–H and O–H groups in total. The van der Waals surface area contributed by atoms with Gasteiger partial charge < -0.3 is 19.3 Å². The third-order valence-electron chi connectivity index (χ3n) is 10.6. The van der Waals surface area contributed by atoms with E-state index in [2.05, 4.69) is 0 Å². The Bertz CT molecular complexity index is 1280. The molecule has 1 heterocycles. The molecule has 39 heavy (non-hydrogen) atoms. The third kappa shape index (κ3) is 3.56. The number of carbonyl (C=O) groups is 4. The van der Waals surface area contributed by atoms with Crippen LogP contribution < -0.4 is 0 Å². The number of aliphatic hydroxyl groups is 1. The van der Waals surface area contributed by atoms with Crippen LogP contribution in [0.1, 0.15) is 71.7 Å². The first-order valence-corrected chi connectivity index (χ1v) is 13.7. The summed E-state index contributed by atoms with van der Waals surface area (Å²) in [5.74, 6) is -4.18. The van der Waals surface area contributed by atoms with Crippen LogP contribution in [0.25, 0.3) is 0 Å². The minimum Gasteiger partial charge on any atom is -0.455 e. The van der Waals surface area contributed by atoms with Crippen LogP contribution in [0.5, 0.6) is 0 Å². The van der Waals surface area contributed by atoms with E-state index in [4.69, 9.17) is 14.2 Å². The summed E-state index contributed by atoms with van der Waals surface area (Å²) in [4.78, 5) is 54.8. The maximum atomic E-state index is 14.4. The van der Waals surface area contributed by atoms with Gasteiger partial charge in [0.25, 0.3) is 0 Å². The molecule has 0 aromatic heterocycles. The number of allylic oxidation sites excluding steroid dienone is 1. The molecule has 2 saturated carbocycles. The fourth-order valence-electron chi connectivity index (χ4n) is 7.99. The highest BCUT2D eigenvalue weighted by atomic mass is 16.6. The van der Waals surface area contributed by atoms with Crippen molar-refractivity contribution in [2.24, 2.45) is 28.6 Å². The number of ketones is 2. The summed E-state index contributed by atoms with van der Waals surface area (Å²) in [6.45, 7) is 12.0. The standard InChI is InChI=1S/C31H38O8/c1-16-14-31(36)26(38-27(35)20-11-9-8-10-12-20)24-29(7,25(34)23(33)22(18(16)3)28(31,5)6)17(2)13-21-30(24,15-37-21)39-19(4)32/h8-12,16-17,21,24,26,36H,13-15H2,1-7H3/t16?,17-,21+,24-,26-,29+,30-,31+/m0/s1. The SMILES string of the molecule is CC(=O)O[C@@]12CO[C@@H]1C[C@H](C)[C@@]1(C)C(=O)C(=O)C3=C(C)C(C)C[C@@](O)([C@@H](OC(=O)c4ccccc4)[C@H]21)C3(C)C. The largest absolute Gasteiger partial charge is 0.455 e. The van der Waals surface area contributed by atoms with Crippen LogP contribution in [-0.2, 0) is 28.6 Å². The second kappa shape index (κ2) is 8.83. The molecule has 0 radical (unpaired) electrons. The summed E-state index contributed by atoms with van der Waals surface area (Å²) in [6, 6.07) is 8.45. The number of fused-ring (bicyclic) bond motifs is 5. The summed E-state index contributed by atoms with van der Waals surface area (Å²) in [5, 5.41) is 12.8. The second-order valence-corrected chi connectivity index (χ2v) is 12.8. The normalized spacial score (nSPS) is 40.9. The summed E-state index contributed by atoms with van der Waals surface area (Å²) in [6.07, 6.45) is -1.30. The summed E-state index contributed by atoms with van der Waals surface area (Å²) < 4.78 is 18.2. The van der Waals surface area contributed by atoms with Crippen molar-refractivity contribution in [2.45, 2.75) is 84.7 Å². The summed E-state index contributed by atoms with van der Waals surface area (Å²) in [5.41, 5.74) is -4.47. The Labute approximate surface area is 229 Å². The Morgan fingerprint density at radius 1 is 1.08 bits per heavy atom. The molecule has 4 aliphatic rings. The van der Waals surface area contributed by atoms with Gasteiger partial charge >= 0.3 is 11.9 Å². The van der Waals surface area contributed by atoms with Gasteiger partial charge in [-0.1, -0.05) is 58.4 Å². The number of Topliss-reactive ketones (excluding diaryl/α,β-unsaturated/α-hetero) is 2. The van der Waals surface area contributed by atoms with Crippen LogP contribution in [0.2, 0.25) is 0 Å². The van der Waals surface area contributed by atoms with Crippen LogP contribution in [0.3, 0.4) is 0 Å². The molecule has 1 saturated heterocycles. The highest BCUT2D eigenvalue weighted by molar-refractivity contribution is 6.46. The maximum absolute atomic E-state index is 14.4. The van der Waals surface area contributed by atoms with E-state index < -0.39 is 69.6 Å². The van der Waals surface area contributed by atoms with Crippen molar-refractivity contribution >= 4 is 23.5 Å². The van der Waals surface area contributed by atoms with Gasteiger partial charge in [-0.25, -0.2) is 4.79 Å². The first-order valence-electron chi connectivity index (χ1n) is 13.7. The lowest BCUT2D eigenvalue weighted by Crippen LogP contribution is -2.80. The van der Waals surface area contributed by atoms with Crippen LogP contribution >= 0.6 is 0 Å². The molecule has 210 valence electrons. The molecule has 1 unspecified atom stereocenters. The lowest BCUT2D eigenvalue weighted by molar-refractivity contribution is -0.337. The predicted molar refractivity (Wildman–Crippen MR) is 140 cm³/mol. The van der Waals surface area contributed by atoms with Crippen molar-refractivity contribution in [3.05, 3.63) is 47.0 Å². The number of carbonyl (C=O) groups excluding carboxylic acids is 4. The van der Waals surface area contributed by atoms with E-state index in [1.807, 2.05) is 20.8 Å². The second-order valence-electron chi connectivity index (χ2n) is 12.8. The Hall–Kier alpha value is -2.84. The summed E-state index contributed by atoms with van der Waals surface area (Å²) in [7, 11) is 0. The zero-order valence-electron chi connectivity index (χ0n) is 23.7. The first-order chi connectivity index (χ1) is 18.1. The average Bonchev–Trinajstić information content (AvgIpc) is 2.87. The molecule has 2 bridgehead atoms. The van der Waals surface area contributed by atoms with Gasteiger partial charge in [-0.05, 0) is 43.7 Å². The number of hydrogen-bond acceptors (Lipinski definition) is 8. The number of esters is 2. The Kier molecular flexibility index (Phi) is 6.28. The van der Waals surface area contributed by atoms with Gasteiger partial charge in [0.1, 0.15) is 17.8 Å². The molecule has 3 fully saturated rings. The summed E-state index contributed by atoms with van der Waals surface area (Å²) >= 11 is 0. The van der Waals surface area contributed by atoms with Gasteiger partial charge in [-0.15, -0.1) is 0 Å². The van der Waals surface area contributed by atoms with Crippen molar-refractivity contribution in [1.82, 2.24) is 0 Å². The van der Waals surface area contributed by atoms with Crippen LogP contribution in [-0.4, -0.2) is 58.6 Å². The van der Waals surface area contributed by atoms with Crippen molar-refractivity contribution in [3.8, 4) is 0 Å². The molecule has 8 nitrogen and oxygen atoms in total. The number of hydrogen-bond donors (Lipinski definition) is 1. The van der Waals surface area contributed by atoms with Gasteiger partial charge in [-0.2, -0.15) is 0 Å². The van der Waals surface area contributed by atoms with E-state index in [1.54, 1.807) is 51.1 Å². The fourth-order valence-corrected chi connectivity index (χ4v) is 7.99. The van der Waals surface area contributed by atoms with Gasteiger partial charge in [-0.3, -0.25) is 14.4 Å². The number of ether oxygens (including phenoxy) is 3. The van der Waals surface area contributed by atoms with Crippen LogP contribution in [0.4, 0.5) is 0 Å². The average molecular weight is 539 g/mol. The van der Waals surface area contributed by atoms with E-state index in [9.17, 15) is 24.3 Å². The smallest absolute Gasteiger partial charge is 0.338 e. The van der Waals surface area contributed by atoms with Crippen molar-refractivity contribution < 1.29 is 38.5 Å². The monoisotopic (exact) mass is 538 g/mol. The highest BCUT2D eigenvalue weighted by Gasteiger charge is 2.77. The van der Waals surface area contributed by atoms with E-state index in [-0.39, 0.29) is 30.1 Å². The molecule has 1 aromatic carbocycles. The Balaban J connectivity index is 1.82. The van der Waals surface area contributed by atoms with Crippen molar-refractivity contribution in [2.75, 3.05) is 6.61 Å². The molecule has 3 aliphatic carbocycles. The van der Waals surface area contributed by atoms with Crippen LogP contribution in [0, 0.1) is 28.6 Å². The highest BCUT2D eigenvalue weighted by Crippen LogP contribution is 2.65. The molecule has 1 aromatic rings. The van der Waals surface area contributed by atoms with E-state index in [0.29, 0.717) is 6.42 Å². The zero-order chi connectivity index (χ0) is 28.7. The molecule has 0 amide bonds.